The molecule has 1 unspecified atom stereocenters. The third-order valence-corrected chi connectivity index (χ3v) is 6.75. The van der Waals surface area contributed by atoms with Gasteiger partial charge in [0.15, 0.2) is 0 Å². The largest absolute Gasteiger partial charge is 0.369 e. The second-order valence-corrected chi connectivity index (χ2v) is 9.06. The number of nitrogens with zero attached hydrogens (tertiary/aromatic N) is 2. The molecule has 1 aromatic rings. The van der Waals surface area contributed by atoms with E-state index in [2.05, 4.69) is 21.6 Å². The van der Waals surface area contributed by atoms with Crippen LogP contribution in [0.15, 0.2) is 24.3 Å². The monoisotopic (exact) mass is 452 g/mol. The molecule has 2 fully saturated rings. The average molecular weight is 453 g/mol. The Labute approximate surface area is 180 Å². The summed E-state index contributed by atoms with van der Waals surface area (Å²) < 4.78 is 26.6. The molecule has 10 heteroatoms. The summed E-state index contributed by atoms with van der Waals surface area (Å²) in [5, 5.41) is 6.05. The van der Waals surface area contributed by atoms with Crippen molar-refractivity contribution in [2.45, 2.75) is 25.8 Å². The minimum absolute atomic E-state index is 0. The van der Waals surface area contributed by atoms with Gasteiger partial charge in [-0.25, -0.2) is 8.42 Å². The summed E-state index contributed by atoms with van der Waals surface area (Å²) in [6, 6.07) is 8.24. The van der Waals surface area contributed by atoms with Crippen molar-refractivity contribution in [3.05, 3.63) is 29.8 Å². The number of aryl methyl sites for hydroxylation is 1. The predicted octanol–water partition coefficient (Wildman–Crippen LogP) is 1.16. The lowest BCUT2D eigenvalue weighted by atomic mass is 10.1. The Kier molecular flexibility index (Phi) is 10.00. The number of sulfonamides is 1. The van der Waals surface area contributed by atoms with Crippen LogP contribution in [0.4, 0.5) is 5.69 Å². The third kappa shape index (κ3) is 6.77. The molecule has 1 aromatic carbocycles. The van der Waals surface area contributed by atoms with Gasteiger partial charge in [-0.15, -0.1) is 24.8 Å². The smallest absolute Gasteiger partial charge is 0.236 e. The Balaban J connectivity index is 0.00000196. The zero-order chi connectivity index (χ0) is 18.6. The zero-order valence-corrected chi connectivity index (χ0v) is 18.5. The van der Waals surface area contributed by atoms with Gasteiger partial charge in [0.2, 0.25) is 15.9 Å². The van der Waals surface area contributed by atoms with Crippen LogP contribution in [0.2, 0.25) is 0 Å². The fourth-order valence-electron chi connectivity index (χ4n) is 3.55. The molecule has 3 rings (SSSR count). The maximum atomic E-state index is 12.6. The molecule has 0 aliphatic carbocycles. The highest BCUT2D eigenvalue weighted by Gasteiger charge is 2.29. The molecular weight excluding hydrogens is 423 g/mol. The number of carbonyl (C=O) groups excluding carboxylic acids is 1. The zero-order valence-electron chi connectivity index (χ0n) is 16.1. The first-order valence-electron chi connectivity index (χ1n) is 9.23. The van der Waals surface area contributed by atoms with Crippen LogP contribution in [0, 0.1) is 6.92 Å². The number of piperazine rings is 1. The van der Waals surface area contributed by atoms with Gasteiger partial charge in [0, 0.05) is 44.5 Å². The lowest BCUT2D eigenvalue weighted by Crippen LogP contribution is -2.52. The lowest BCUT2D eigenvalue weighted by molar-refractivity contribution is -0.119. The van der Waals surface area contributed by atoms with Gasteiger partial charge in [-0.3, -0.25) is 4.79 Å². The van der Waals surface area contributed by atoms with Gasteiger partial charge in [-0.2, -0.15) is 4.31 Å². The van der Waals surface area contributed by atoms with E-state index in [4.69, 9.17) is 0 Å². The molecule has 160 valence electrons. The number of halogens is 2. The summed E-state index contributed by atoms with van der Waals surface area (Å²) in [5.41, 5.74) is 2.30. The highest BCUT2D eigenvalue weighted by Crippen LogP contribution is 2.19. The quantitative estimate of drug-likeness (QED) is 0.700. The maximum Gasteiger partial charge on any atom is 0.236 e. The van der Waals surface area contributed by atoms with Crippen LogP contribution in [-0.4, -0.2) is 69.7 Å². The van der Waals surface area contributed by atoms with Crippen molar-refractivity contribution in [3.63, 3.8) is 0 Å². The molecule has 2 saturated heterocycles. The summed E-state index contributed by atoms with van der Waals surface area (Å²) >= 11 is 0. The molecule has 0 saturated carbocycles. The first kappa shape index (κ1) is 25.0. The Morgan fingerprint density at radius 3 is 2.54 bits per heavy atom. The molecule has 2 N–H and O–H groups in total. The van der Waals surface area contributed by atoms with Crippen LogP contribution in [0.1, 0.15) is 18.4 Å². The van der Waals surface area contributed by atoms with E-state index < -0.39 is 21.7 Å². The summed E-state index contributed by atoms with van der Waals surface area (Å²) in [6.45, 7) is 5.80. The average Bonchev–Trinajstić information content (AvgIpc) is 2.62. The van der Waals surface area contributed by atoms with E-state index in [-0.39, 0.29) is 30.9 Å². The summed E-state index contributed by atoms with van der Waals surface area (Å²) in [6.07, 6.45) is 1.90. The van der Waals surface area contributed by atoms with Gasteiger partial charge in [-0.1, -0.05) is 12.1 Å². The Morgan fingerprint density at radius 2 is 1.93 bits per heavy atom. The molecule has 0 radical (unpaired) electrons. The van der Waals surface area contributed by atoms with E-state index in [0.717, 1.165) is 25.1 Å². The highest BCUT2D eigenvalue weighted by atomic mass is 35.5. The van der Waals surface area contributed by atoms with E-state index >= 15 is 0 Å². The van der Waals surface area contributed by atoms with Crippen LogP contribution < -0.4 is 15.5 Å². The number of anilines is 1. The van der Waals surface area contributed by atoms with Crippen molar-refractivity contribution in [3.8, 4) is 0 Å². The topological polar surface area (TPSA) is 81.8 Å². The standard InChI is InChI=1S/C18H28N4O3S.2ClH/c1-15-4-2-6-17(12-15)21-8-10-22(11-9-21)26(24,25)14-18(23)20-16-5-3-7-19-13-16;;/h2,4,6,12,16,19H,3,5,7-11,13-14H2,1H3,(H,20,23);2*1H. The molecule has 2 aliphatic heterocycles. The van der Waals surface area contributed by atoms with Crippen molar-refractivity contribution in [2.75, 3.05) is 49.9 Å². The molecule has 2 aliphatic rings. The van der Waals surface area contributed by atoms with Crippen molar-refractivity contribution < 1.29 is 13.2 Å². The van der Waals surface area contributed by atoms with E-state index in [0.29, 0.717) is 32.7 Å². The van der Waals surface area contributed by atoms with E-state index in [9.17, 15) is 13.2 Å². The van der Waals surface area contributed by atoms with Gasteiger partial charge in [-0.05, 0) is 44.0 Å². The first-order chi connectivity index (χ1) is 12.4. The molecule has 7 nitrogen and oxygen atoms in total. The number of benzene rings is 1. The van der Waals surface area contributed by atoms with Crippen molar-refractivity contribution in [2.24, 2.45) is 0 Å². The molecule has 0 aromatic heterocycles. The summed E-state index contributed by atoms with van der Waals surface area (Å²) in [7, 11) is -3.57. The maximum absolute atomic E-state index is 12.6. The first-order valence-corrected chi connectivity index (χ1v) is 10.8. The minimum atomic E-state index is -3.57. The predicted molar refractivity (Wildman–Crippen MR) is 117 cm³/mol. The van der Waals surface area contributed by atoms with Crippen molar-refractivity contribution in [1.82, 2.24) is 14.9 Å². The third-order valence-electron chi connectivity index (χ3n) is 4.97. The van der Waals surface area contributed by atoms with Crippen LogP contribution in [0.25, 0.3) is 0 Å². The molecule has 28 heavy (non-hydrogen) atoms. The number of carbonyl (C=O) groups is 1. The fourth-order valence-corrected chi connectivity index (χ4v) is 4.87. The number of piperidine rings is 1. The van der Waals surface area contributed by atoms with E-state index in [1.54, 1.807) is 0 Å². The number of nitrogens with one attached hydrogen (secondary N) is 2. The van der Waals surface area contributed by atoms with Crippen LogP contribution >= 0.6 is 24.8 Å². The van der Waals surface area contributed by atoms with Crippen LogP contribution in [-0.2, 0) is 14.8 Å². The summed E-state index contributed by atoms with van der Waals surface area (Å²) in [5.74, 6) is -0.867. The summed E-state index contributed by atoms with van der Waals surface area (Å²) in [4.78, 5) is 14.3. The Hall–Kier alpha value is -1.06. The van der Waals surface area contributed by atoms with Gasteiger partial charge in [0.1, 0.15) is 5.75 Å². The van der Waals surface area contributed by atoms with Gasteiger partial charge < -0.3 is 15.5 Å². The minimum Gasteiger partial charge on any atom is -0.369 e. The van der Waals surface area contributed by atoms with Crippen molar-refractivity contribution in [1.29, 1.82) is 0 Å². The molecule has 0 spiro atoms. The van der Waals surface area contributed by atoms with E-state index in [1.165, 1.54) is 9.87 Å². The molecule has 0 bridgehead atoms. The number of rotatable bonds is 5. The van der Waals surface area contributed by atoms with E-state index in [1.807, 2.05) is 25.1 Å². The molecule has 1 atom stereocenters. The van der Waals surface area contributed by atoms with Gasteiger partial charge >= 0.3 is 0 Å². The van der Waals surface area contributed by atoms with Crippen LogP contribution in [0.3, 0.4) is 0 Å². The normalized spacial score (nSPS) is 20.6. The number of hydrogen-bond acceptors (Lipinski definition) is 5. The lowest BCUT2D eigenvalue weighted by Gasteiger charge is -2.35. The second kappa shape index (κ2) is 11.2. The van der Waals surface area contributed by atoms with Crippen molar-refractivity contribution >= 4 is 46.4 Å². The number of hydrogen-bond donors (Lipinski definition) is 2. The SMILES string of the molecule is Cc1cccc(N2CCN(S(=O)(=O)CC(=O)NC3CCCNC3)CC2)c1.Cl.Cl. The van der Waals surface area contributed by atoms with Gasteiger partial charge in [0.25, 0.3) is 0 Å². The molecule has 1 amide bonds. The Morgan fingerprint density at radius 1 is 1.21 bits per heavy atom. The van der Waals surface area contributed by atoms with Gasteiger partial charge in [0.05, 0.1) is 0 Å². The number of amides is 1. The fraction of sp³-hybridized carbons (Fsp3) is 0.611. The second-order valence-electron chi connectivity index (χ2n) is 7.09. The highest BCUT2D eigenvalue weighted by molar-refractivity contribution is 7.89. The van der Waals surface area contributed by atoms with Crippen LogP contribution in [0.5, 0.6) is 0 Å². The molecular formula is C18H30Cl2N4O3S. The molecule has 2 heterocycles. The Bertz CT molecular complexity index is 734.